The summed E-state index contributed by atoms with van der Waals surface area (Å²) in [6.07, 6.45) is 1.52. The molecule has 2 heteroatoms. The second-order valence-corrected chi connectivity index (χ2v) is 4.64. The second kappa shape index (κ2) is 7.11. The summed E-state index contributed by atoms with van der Waals surface area (Å²) in [5.74, 6) is 6.90. The number of benzene rings is 1. The van der Waals surface area contributed by atoms with Crippen LogP contribution >= 0.6 is 0 Å². The van der Waals surface area contributed by atoms with Gasteiger partial charge >= 0.3 is 0 Å². The Balaban J connectivity index is 2.63. The summed E-state index contributed by atoms with van der Waals surface area (Å²) < 4.78 is 0. The largest absolute Gasteiger partial charge is 0.396 e. The summed E-state index contributed by atoms with van der Waals surface area (Å²) in [6.45, 7) is 4.44. The first-order chi connectivity index (χ1) is 8.13. The Bertz CT molecular complexity index is 384. The summed E-state index contributed by atoms with van der Waals surface area (Å²) in [5, 5.41) is 8.82. The van der Waals surface area contributed by atoms with Gasteiger partial charge in [0, 0.05) is 24.6 Å². The quantitative estimate of drug-likeness (QED) is 0.782. The van der Waals surface area contributed by atoms with Crippen molar-refractivity contribution in [2.24, 2.45) is 11.7 Å². The van der Waals surface area contributed by atoms with Gasteiger partial charge < -0.3 is 10.8 Å². The SMILES string of the molecule is CC(C)CC#Cc1ccc(C(N)CCO)cc1. The first-order valence-corrected chi connectivity index (χ1v) is 6.08. The van der Waals surface area contributed by atoms with Crippen LogP contribution in [-0.2, 0) is 0 Å². The third kappa shape index (κ3) is 5.04. The van der Waals surface area contributed by atoms with E-state index >= 15 is 0 Å². The van der Waals surface area contributed by atoms with E-state index in [4.69, 9.17) is 10.8 Å². The molecule has 0 amide bonds. The maximum Gasteiger partial charge on any atom is 0.0449 e. The standard InChI is InChI=1S/C15H21NO/c1-12(2)4-3-5-13-6-8-14(9-7-13)15(16)10-11-17/h6-9,12,15,17H,4,10-11,16H2,1-2H3. The van der Waals surface area contributed by atoms with Crippen molar-refractivity contribution in [1.29, 1.82) is 0 Å². The zero-order valence-corrected chi connectivity index (χ0v) is 10.6. The molecule has 2 nitrogen and oxygen atoms in total. The lowest BCUT2D eigenvalue weighted by Crippen LogP contribution is -2.11. The molecule has 3 N–H and O–H groups in total. The molecule has 0 aliphatic heterocycles. The number of nitrogens with two attached hydrogens (primary N) is 1. The lowest BCUT2D eigenvalue weighted by atomic mass is 10.0. The van der Waals surface area contributed by atoms with Gasteiger partial charge in [0.25, 0.3) is 0 Å². The zero-order chi connectivity index (χ0) is 12.7. The van der Waals surface area contributed by atoms with Crippen LogP contribution in [0.25, 0.3) is 0 Å². The molecule has 0 heterocycles. The van der Waals surface area contributed by atoms with Crippen LogP contribution in [0.1, 0.15) is 43.9 Å². The van der Waals surface area contributed by atoms with Gasteiger partial charge in [-0.1, -0.05) is 37.8 Å². The number of rotatable bonds is 4. The smallest absolute Gasteiger partial charge is 0.0449 e. The second-order valence-electron chi connectivity index (χ2n) is 4.64. The summed E-state index contributed by atoms with van der Waals surface area (Å²) in [5.41, 5.74) is 7.97. The van der Waals surface area contributed by atoms with E-state index < -0.39 is 0 Å². The summed E-state index contributed by atoms with van der Waals surface area (Å²) >= 11 is 0. The lowest BCUT2D eigenvalue weighted by Gasteiger charge is -2.09. The van der Waals surface area contributed by atoms with Crippen LogP contribution < -0.4 is 5.73 Å². The van der Waals surface area contributed by atoms with Gasteiger partial charge in [0.2, 0.25) is 0 Å². The van der Waals surface area contributed by atoms with Gasteiger partial charge in [-0.2, -0.15) is 0 Å². The van der Waals surface area contributed by atoms with Crippen molar-refractivity contribution in [3.05, 3.63) is 35.4 Å². The highest BCUT2D eigenvalue weighted by molar-refractivity contribution is 5.36. The molecule has 0 aliphatic carbocycles. The molecule has 1 rings (SSSR count). The van der Waals surface area contributed by atoms with Crippen molar-refractivity contribution in [2.45, 2.75) is 32.7 Å². The fourth-order valence-corrected chi connectivity index (χ4v) is 1.48. The number of hydrogen-bond donors (Lipinski definition) is 2. The maximum absolute atomic E-state index is 8.82. The van der Waals surface area contributed by atoms with E-state index in [9.17, 15) is 0 Å². The van der Waals surface area contributed by atoms with Crippen LogP contribution in [0.5, 0.6) is 0 Å². The van der Waals surface area contributed by atoms with Gasteiger partial charge in [0.15, 0.2) is 0 Å². The summed E-state index contributed by atoms with van der Waals surface area (Å²) in [4.78, 5) is 0. The predicted octanol–water partition coefficient (Wildman–Crippen LogP) is 2.47. The molecule has 0 bridgehead atoms. The van der Waals surface area contributed by atoms with E-state index in [1.165, 1.54) is 0 Å². The van der Waals surface area contributed by atoms with Crippen LogP contribution in [0.4, 0.5) is 0 Å². The van der Waals surface area contributed by atoms with Crippen LogP contribution in [0, 0.1) is 17.8 Å². The minimum atomic E-state index is -0.0855. The van der Waals surface area contributed by atoms with Gasteiger partial charge in [-0.05, 0) is 30.0 Å². The summed E-state index contributed by atoms with van der Waals surface area (Å²) in [6, 6.07) is 7.86. The average molecular weight is 231 g/mol. The lowest BCUT2D eigenvalue weighted by molar-refractivity contribution is 0.276. The average Bonchev–Trinajstić information content (AvgIpc) is 2.30. The molecule has 1 unspecified atom stereocenters. The Morgan fingerprint density at radius 3 is 2.41 bits per heavy atom. The Hall–Kier alpha value is -1.30. The molecular formula is C15H21NO. The van der Waals surface area contributed by atoms with E-state index in [1.807, 2.05) is 24.3 Å². The molecule has 0 aliphatic rings. The zero-order valence-electron chi connectivity index (χ0n) is 10.6. The highest BCUT2D eigenvalue weighted by Crippen LogP contribution is 2.14. The molecule has 1 atom stereocenters. The molecule has 0 fully saturated rings. The normalized spacial score (nSPS) is 12.1. The van der Waals surface area contributed by atoms with E-state index in [0.29, 0.717) is 12.3 Å². The van der Waals surface area contributed by atoms with Crippen LogP contribution in [-0.4, -0.2) is 11.7 Å². The van der Waals surface area contributed by atoms with E-state index in [1.54, 1.807) is 0 Å². The molecule has 0 spiro atoms. The van der Waals surface area contributed by atoms with Gasteiger partial charge in [0.05, 0.1) is 0 Å². The number of aliphatic hydroxyl groups is 1. The Morgan fingerprint density at radius 1 is 1.24 bits per heavy atom. The van der Waals surface area contributed by atoms with Gasteiger partial charge in [-0.15, -0.1) is 0 Å². The maximum atomic E-state index is 8.82. The molecule has 0 saturated heterocycles. The fourth-order valence-electron chi connectivity index (χ4n) is 1.48. The van der Waals surface area contributed by atoms with E-state index in [0.717, 1.165) is 17.5 Å². The Kier molecular flexibility index (Phi) is 5.76. The third-order valence-electron chi connectivity index (χ3n) is 2.52. The first kappa shape index (κ1) is 13.8. The van der Waals surface area contributed by atoms with Crippen LogP contribution in [0.3, 0.4) is 0 Å². The predicted molar refractivity (Wildman–Crippen MR) is 71.4 cm³/mol. The van der Waals surface area contributed by atoms with Crippen molar-refractivity contribution >= 4 is 0 Å². The van der Waals surface area contributed by atoms with Crippen molar-refractivity contribution in [2.75, 3.05) is 6.61 Å². The first-order valence-electron chi connectivity index (χ1n) is 6.08. The van der Waals surface area contributed by atoms with Gasteiger partial charge in [0.1, 0.15) is 0 Å². The van der Waals surface area contributed by atoms with Crippen molar-refractivity contribution in [1.82, 2.24) is 0 Å². The molecule has 17 heavy (non-hydrogen) atoms. The molecule has 92 valence electrons. The van der Waals surface area contributed by atoms with Crippen molar-refractivity contribution < 1.29 is 5.11 Å². The number of aliphatic hydroxyl groups excluding tert-OH is 1. The van der Waals surface area contributed by atoms with Crippen molar-refractivity contribution in [3.8, 4) is 11.8 Å². The molecule has 0 aromatic heterocycles. The number of hydrogen-bond acceptors (Lipinski definition) is 2. The third-order valence-corrected chi connectivity index (χ3v) is 2.52. The van der Waals surface area contributed by atoms with Crippen LogP contribution in [0.2, 0.25) is 0 Å². The molecule has 0 radical (unpaired) electrons. The van der Waals surface area contributed by atoms with Gasteiger partial charge in [-0.3, -0.25) is 0 Å². The minimum absolute atomic E-state index is 0.0855. The molecule has 0 saturated carbocycles. The van der Waals surface area contributed by atoms with E-state index in [-0.39, 0.29) is 12.6 Å². The highest BCUT2D eigenvalue weighted by Gasteiger charge is 2.03. The summed E-state index contributed by atoms with van der Waals surface area (Å²) in [7, 11) is 0. The Morgan fingerprint density at radius 2 is 1.88 bits per heavy atom. The Labute approximate surface area is 104 Å². The fraction of sp³-hybridized carbons (Fsp3) is 0.467. The molecule has 1 aromatic carbocycles. The van der Waals surface area contributed by atoms with Gasteiger partial charge in [-0.25, -0.2) is 0 Å². The van der Waals surface area contributed by atoms with Crippen LogP contribution in [0.15, 0.2) is 24.3 Å². The highest BCUT2D eigenvalue weighted by atomic mass is 16.3. The molecule has 1 aromatic rings. The monoisotopic (exact) mass is 231 g/mol. The molecular weight excluding hydrogens is 210 g/mol. The van der Waals surface area contributed by atoms with E-state index in [2.05, 4.69) is 25.7 Å². The van der Waals surface area contributed by atoms with Crippen molar-refractivity contribution in [3.63, 3.8) is 0 Å². The topological polar surface area (TPSA) is 46.2 Å². The minimum Gasteiger partial charge on any atom is -0.396 e.